The van der Waals surface area contributed by atoms with Gasteiger partial charge in [0.15, 0.2) is 0 Å². The van der Waals surface area contributed by atoms with Crippen LogP contribution in [0.2, 0.25) is 5.02 Å². The second-order valence-electron chi connectivity index (χ2n) is 8.93. The molecule has 4 rings (SSSR count). The van der Waals surface area contributed by atoms with Gasteiger partial charge in [-0.1, -0.05) is 35.9 Å². The number of carbonyl (C=O) groups is 3. The minimum absolute atomic E-state index is 0.309. The molecular weight excluding hydrogens is 601 g/mol. The molecule has 2 aromatic carbocycles. The Bertz CT molecular complexity index is 1590. The van der Waals surface area contributed by atoms with Gasteiger partial charge in [-0.2, -0.15) is 13.2 Å². The van der Waals surface area contributed by atoms with Gasteiger partial charge in [-0.3, -0.25) is 14.2 Å². The van der Waals surface area contributed by atoms with Gasteiger partial charge in [-0.05, 0) is 50.6 Å². The van der Waals surface area contributed by atoms with Gasteiger partial charge in [-0.25, -0.2) is 9.78 Å². The summed E-state index contributed by atoms with van der Waals surface area (Å²) in [5.74, 6) is -3.84. The third-order valence-electron chi connectivity index (χ3n) is 5.88. The fraction of sp³-hybridized carbons (Fsp3) is 0.259. The maximum Gasteiger partial charge on any atom is 0.490 e. The molecule has 1 amide bonds. The highest BCUT2D eigenvalue weighted by Gasteiger charge is 2.38. The van der Waals surface area contributed by atoms with E-state index in [1.165, 1.54) is 11.3 Å². The van der Waals surface area contributed by atoms with Gasteiger partial charge in [0.25, 0.3) is 5.91 Å². The molecule has 0 saturated carbocycles. The summed E-state index contributed by atoms with van der Waals surface area (Å²) in [4.78, 5) is 36.9. The van der Waals surface area contributed by atoms with Crippen LogP contribution in [-0.2, 0) is 16.0 Å². The van der Waals surface area contributed by atoms with E-state index >= 15 is 0 Å². The normalized spacial score (nSPS) is 12.7. The van der Waals surface area contributed by atoms with E-state index in [1.54, 1.807) is 25.4 Å². The van der Waals surface area contributed by atoms with Crippen molar-refractivity contribution in [1.29, 1.82) is 0 Å². The largest absolute Gasteiger partial charge is 0.490 e. The lowest BCUT2D eigenvalue weighted by Crippen LogP contribution is -2.34. The van der Waals surface area contributed by atoms with Crippen molar-refractivity contribution >= 4 is 51.8 Å². The first-order chi connectivity index (χ1) is 19.7. The van der Waals surface area contributed by atoms with E-state index in [0.717, 1.165) is 27.2 Å². The lowest BCUT2D eigenvalue weighted by atomic mass is 10.1. The molecule has 0 radical (unpaired) electrons. The number of rotatable bonds is 10. The predicted molar refractivity (Wildman–Crippen MR) is 150 cm³/mol. The Hall–Kier alpha value is -4.14. The Morgan fingerprint density at radius 1 is 1.14 bits per heavy atom. The standard InChI is InChI=1S/C25H25ClN4O4S.C2HF3O2/c1-14(25(32)33)28-10-9-16-7-8-19-20(11-16)30(13-29-19)22-12-21(23(35-22)24(27)31)34-15(2)17-5-3-4-6-18(17)26;3-2(4,5)1(6)7/h3-8,11-15,28H,9-10H2,1-2H3,(H2,27,31)(H,32,33);(H,6,7)/t14-,15+;/m0./s1. The van der Waals surface area contributed by atoms with Crippen molar-refractivity contribution in [2.24, 2.45) is 5.73 Å². The zero-order chi connectivity index (χ0) is 31.2. The number of carbonyl (C=O) groups excluding carboxylic acids is 1. The van der Waals surface area contributed by atoms with Gasteiger partial charge >= 0.3 is 18.1 Å². The lowest BCUT2D eigenvalue weighted by Gasteiger charge is -2.16. The monoisotopic (exact) mass is 626 g/mol. The number of imidazole rings is 1. The van der Waals surface area contributed by atoms with Crippen LogP contribution in [-0.4, -0.2) is 56.4 Å². The number of hydrogen-bond acceptors (Lipinski definition) is 7. The summed E-state index contributed by atoms with van der Waals surface area (Å²) in [5, 5.41) is 20.4. The number of primary amides is 1. The van der Waals surface area contributed by atoms with Crippen LogP contribution in [0, 0.1) is 0 Å². The number of nitrogens with one attached hydrogen (secondary N) is 1. The molecule has 2 heterocycles. The molecular formula is C27H26ClF3N4O6S. The molecule has 0 bridgehead atoms. The quantitative estimate of drug-likeness (QED) is 0.187. The highest BCUT2D eigenvalue weighted by molar-refractivity contribution is 7.16. The maximum atomic E-state index is 12.2. The molecule has 0 aliphatic heterocycles. The summed E-state index contributed by atoms with van der Waals surface area (Å²) in [7, 11) is 0. The van der Waals surface area contributed by atoms with Crippen LogP contribution in [0.25, 0.3) is 16.0 Å². The number of hydrogen-bond donors (Lipinski definition) is 4. The van der Waals surface area contributed by atoms with Gasteiger partial charge in [0.05, 0.1) is 11.0 Å². The number of amides is 1. The number of aliphatic carboxylic acids is 2. The zero-order valence-corrected chi connectivity index (χ0v) is 23.8. The Morgan fingerprint density at radius 3 is 2.40 bits per heavy atom. The van der Waals surface area contributed by atoms with Gasteiger partial charge < -0.3 is 26.0 Å². The summed E-state index contributed by atoms with van der Waals surface area (Å²) >= 11 is 7.53. The molecule has 10 nitrogen and oxygen atoms in total. The number of aromatic nitrogens is 2. The SMILES string of the molecule is C[C@H](NCCc1ccc2ncn(-c3cc(O[C@H](C)c4ccccc4Cl)c(C(N)=O)s3)c2c1)C(=O)O.O=C(O)C(F)(F)F. The van der Waals surface area contributed by atoms with Crippen LogP contribution < -0.4 is 15.8 Å². The number of nitrogens with zero attached hydrogens (tertiary/aromatic N) is 2. The molecule has 2 atom stereocenters. The predicted octanol–water partition coefficient (Wildman–Crippen LogP) is 5.22. The Morgan fingerprint density at radius 2 is 1.81 bits per heavy atom. The van der Waals surface area contributed by atoms with E-state index in [-0.39, 0.29) is 0 Å². The van der Waals surface area contributed by atoms with Crippen molar-refractivity contribution < 1.29 is 42.5 Å². The van der Waals surface area contributed by atoms with Crippen molar-refractivity contribution in [3.05, 3.63) is 75.9 Å². The summed E-state index contributed by atoms with van der Waals surface area (Å²) in [6.07, 6.45) is -3.13. The van der Waals surface area contributed by atoms with E-state index in [0.29, 0.717) is 28.6 Å². The third-order valence-corrected chi connectivity index (χ3v) is 7.36. The number of alkyl halides is 3. The summed E-state index contributed by atoms with van der Waals surface area (Å²) in [6, 6.07) is 14.4. The van der Waals surface area contributed by atoms with Crippen LogP contribution >= 0.6 is 22.9 Å². The maximum absolute atomic E-state index is 12.2. The fourth-order valence-corrected chi connectivity index (χ4v) is 4.92. The molecule has 4 aromatic rings. The summed E-state index contributed by atoms with van der Waals surface area (Å²) in [6.45, 7) is 4.00. The molecule has 2 aromatic heterocycles. The van der Waals surface area contributed by atoms with E-state index in [9.17, 15) is 22.8 Å². The molecule has 0 saturated heterocycles. The molecule has 5 N–H and O–H groups in total. The number of ether oxygens (including phenoxy) is 1. The molecule has 15 heteroatoms. The molecule has 0 fully saturated rings. The average molecular weight is 627 g/mol. The Labute approximate surface area is 246 Å². The Kier molecular flexibility index (Phi) is 10.5. The third kappa shape index (κ3) is 8.21. The molecule has 0 aliphatic rings. The van der Waals surface area contributed by atoms with Crippen molar-refractivity contribution in [3.63, 3.8) is 0 Å². The van der Waals surface area contributed by atoms with Gasteiger partial charge in [0.2, 0.25) is 0 Å². The number of fused-ring (bicyclic) bond motifs is 1. The molecule has 42 heavy (non-hydrogen) atoms. The summed E-state index contributed by atoms with van der Waals surface area (Å²) < 4.78 is 39.7. The minimum atomic E-state index is -5.08. The highest BCUT2D eigenvalue weighted by atomic mass is 35.5. The number of nitrogens with two attached hydrogens (primary N) is 1. The minimum Gasteiger partial charge on any atom is -0.484 e. The van der Waals surface area contributed by atoms with Crippen LogP contribution in [0.5, 0.6) is 5.75 Å². The van der Waals surface area contributed by atoms with Crippen LogP contribution in [0.4, 0.5) is 13.2 Å². The molecule has 0 aliphatic carbocycles. The number of carboxylic acid groups (broad SMARTS) is 2. The van der Waals surface area contributed by atoms with Crippen LogP contribution in [0.3, 0.4) is 0 Å². The van der Waals surface area contributed by atoms with Crippen LogP contribution in [0.1, 0.15) is 40.8 Å². The van der Waals surface area contributed by atoms with Crippen molar-refractivity contribution in [3.8, 4) is 10.8 Å². The second-order valence-corrected chi connectivity index (χ2v) is 10.4. The average Bonchev–Trinajstić information content (AvgIpc) is 3.52. The van der Waals surface area contributed by atoms with Crippen molar-refractivity contribution in [2.75, 3.05) is 6.54 Å². The smallest absolute Gasteiger partial charge is 0.484 e. The second kappa shape index (κ2) is 13.7. The van der Waals surface area contributed by atoms with Gasteiger partial charge in [0, 0.05) is 16.7 Å². The first kappa shape index (κ1) is 32.4. The van der Waals surface area contributed by atoms with Crippen molar-refractivity contribution in [2.45, 2.75) is 38.6 Å². The molecule has 224 valence electrons. The molecule has 0 spiro atoms. The van der Waals surface area contributed by atoms with E-state index < -0.39 is 36.2 Å². The summed E-state index contributed by atoms with van der Waals surface area (Å²) in [5.41, 5.74) is 9.14. The van der Waals surface area contributed by atoms with Gasteiger partial charge in [-0.15, -0.1) is 11.3 Å². The topological polar surface area (TPSA) is 157 Å². The van der Waals surface area contributed by atoms with Crippen LogP contribution in [0.15, 0.2) is 54.9 Å². The zero-order valence-electron chi connectivity index (χ0n) is 22.2. The first-order valence-corrected chi connectivity index (χ1v) is 13.5. The Balaban J connectivity index is 0.000000616. The van der Waals surface area contributed by atoms with E-state index in [1.807, 2.05) is 47.9 Å². The fourth-order valence-electron chi connectivity index (χ4n) is 3.70. The number of thiophene rings is 1. The number of halogens is 4. The highest BCUT2D eigenvalue weighted by Crippen LogP contribution is 2.37. The van der Waals surface area contributed by atoms with E-state index in [4.69, 9.17) is 37.1 Å². The number of carboxylic acids is 2. The van der Waals surface area contributed by atoms with Gasteiger partial charge in [0.1, 0.15) is 34.1 Å². The molecule has 0 unspecified atom stereocenters. The lowest BCUT2D eigenvalue weighted by molar-refractivity contribution is -0.192. The van der Waals surface area contributed by atoms with Crippen molar-refractivity contribution in [1.82, 2.24) is 14.9 Å². The first-order valence-electron chi connectivity index (χ1n) is 12.3. The van der Waals surface area contributed by atoms with E-state index in [2.05, 4.69) is 10.3 Å². The number of benzene rings is 2.